The highest BCUT2D eigenvalue weighted by molar-refractivity contribution is 7.99. The molecule has 0 spiro atoms. The van der Waals surface area contributed by atoms with Crippen LogP contribution in [0.4, 0.5) is 0 Å². The number of nitrogens with zero attached hydrogens (tertiary/aromatic N) is 4. The molecule has 124 valence electrons. The number of carbonyl (C=O) groups is 1. The lowest BCUT2D eigenvalue weighted by Crippen LogP contribution is -2.35. The van der Waals surface area contributed by atoms with Crippen molar-refractivity contribution >= 4 is 17.7 Å². The lowest BCUT2D eigenvalue weighted by molar-refractivity contribution is 0.0735. The second-order valence-corrected chi connectivity index (χ2v) is 7.21. The molecular formula is C15H27N5OS. The van der Waals surface area contributed by atoms with Gasteiger partial charge in [0.1, 0.15) is 0 Å². The summed E-state index contributed by atoms with van der Waals surface area (Å²) < 4.78 is 1.86. The van der Waals surface area contributed by atoms with Crippen LogP contribution in [-0.4, -0.2) is 63.5 Å². The van der Waals surface area contributed by atoms with Gasteiger partial charge in [-0.15, -0.1) is 5.10 Å². The Balaban J connectivity index is 1.92. The lowest BCUT2D eigenvalue weighted by atomic mass is 10.1. The zero-order valence-electron chi connectivity index (χ0n) is 13.8. The minimum atomic E-state index is -0.0332. The molecule has 1 amide bonds. The molecule has 7 heteroatoms. The zero-order valence-corrected chi connectivity index (χ0v) is 14.6. The minimum Gasteiger partial charge on any atom is -0.338 e. The van der Waals surface area contributed by atoms with E-state index in [2.05, 4.69) is 29.5 Å². The van der Waals surface area contributed by atoms with Crippen LogP contribution < -0.4 is 5.32 Å². The van der Waals surface area contributed by atoms with Crippen molar-refractivity contribution in [3.63, 3.8) is 0 Å². The number of rotatable bonds is 7. The predicted octanol–water partition coefficient (Wildman–Crippen LogP) is 1.81. The van der Waals surface area contributed by atoms with Crippen LogP contribution in [0.2, 0.25) is 0 Å². The van der Waals surface area contributed by atoms with Crippen LogP contribution in [0.25, 0.3) is 0 Å². The number of aromatic nitrogens is 3. The fraction of sp³-hybridized carbons (Fsp3) is 0.800. The van der Waals surface area contributed by atoms with E-state index in [1.807, 2.05) is 29.7 Å². The van der Waals surface area contributed by atoms with E-state index in [1.165, 1.54) is 0 Å². The van der Waals surface area contributed by atoms with E-state index in [4.69, 9.17) is 0 Å². The Kier molecular flexibility index (Phi) is 6.70. The maximum atomic E-state index is 12.5. The Bertz CT molecular complexity index is 472. The largest absolute Gasteiger partial charge is 0.338 e. The second-order valence-electron chi connectivity index (χ2n) is 5.82. The molecule has 1 aliphatic rings. The molecule has 1 fully saturated rings. The fourth-order valence-corrected chi connectivity index (χ4v) is 3.39. The Morgan fingerprint density at radius 1 is 1.55 bits per heavy atom. The molecule has 0 saturated carbocycles. The summed E-state index contributed by atoms with van der Waals surface area (Å²) >= 11 is 1.91. The molecule has 6 nitrogen and oxygen atoms in total. The standard InChI is InChI=1S/C15H27N5OS/c1-4-22-10-7-12(2)19(3)15(21)14-11-20(18-17-14)13-5-8-16-9-6-13/h11-13,16H,4-10H2,1-3H3. The van der Waals surface area contributed by atoms with Gasteiger partial charge in [-0.2, -0.15) is 11.8 Å². The normalized spacial score (nSPS) is 17.4. The van der Waals surface area contributed by atoms with Crippen molar-refractivity contribution < 1.29 is 4.79 Å². The number of carbonyl (C=O) groups excluding carboxylic acids is 1. The molecule has 1 N–H and O–H groups in total. The number of thioether (sulfide) groups is 1. The highest BCUT2D eigenvalue weighted by Crippen LogP contribution is 2.18. The molecular weight excluding hydrogens is 298 g/mol. The van der Waals surface area contributed by atoms with Gasteiger partial charge >= 0.3 is 0 Å². The summed E-state index contributed by atoms with van der Waals surface area (Å²) in [6, 6.07) is 0.578. The molecule has 2 rings (SSSR count). The Morgan fingerprint density at radius 2 is 2.27 bits per heavy atom. The van der Waals surface area contributed by atoms with Crippen LogP contribution in [0, 0.1) is 0 Å². The molecule has 1 saturated heterocycles. The van der Waals surface area contributed by atoms with Gasteiger partial charge < -0.3 is 10.2 Å². The van der Waals surface area contributed by atoms with Gasteiger partial charge in [-0.3, -0.25) is 4.79 Å². The topological polar surface area (TPSA) is 63.1 Å². The maximum absolute atomic E-state index is 12.5. The minimum absolute atomic E-state index is 0.0332. The third kappa shape index (κ3) is 4.46. The van der Waals surface area contributed by atoms with Crippen molar-refractivity contribution in [1.29, 1.82) is 0 Å². The molecule has 1 aromatic heterocycles. The number of piperidine rings is 1. The van der Waals surface area contributed by atoms with E-state index in [9.17, 15) is 4.79 Å². The number of hydrogen-bond donors (Lipinski definition) is 1. The Hall–Kier alpha value is -1.08. The summed E-state index contributed by atoms with van der Waals surface area (Å²) in [5.74, 6) is 2.17. The van der Waals surface area contributed by atoms with Crippen LogP contribution >= 0.6 is 11.8 Å². The van der Waals surface area contributed by atoms with E-state index in [0.717, 1.165) is 43.9 Å². The molecule has 22 heavy (non-hydrogen) atoms. The Morgan fingerprint density at radius 3 is 2.95 bits per heavy atom. The molecule has 0 aliphatic carbocycles. The van der Waals surface area contributed by atoms with Gasteiger partial charge in [-0.25, -0.2) is 4.68 Å². The van der Waals surface area contributed by atoms with Crippen LogP contribution in [0.5, 0.6) is 0 Å². The third-order valence-electron chi connectivity index (χ3n) is 4.28. The van der Waals surface area contributed by atoms with Crippen molar-refractivity contribution in [2.45, 2.75) is 45.2 Å². The average Bonchev–Trinajstić information content (AvgIpc) is 3.04. The van der Waals surface area contributed by atoms with Gasteiger partial charge in [0.25, 0.3) is 5.91 Å². The van der Waals surface area contributed by atoms with Crippen molar-refractivity contribution in [1.82, 2.24) is 25.2 Å². The van der Waals surface area contributed by atoms with Crippen molar-refractivity contribution in [2.24, 2.45) is 0 Å². The van der Waals surface area contributed by atoms with Gasteiger partial charge in [-0.1, -0.05) is 12.1 Å². The summed E-state index contributed by atoms with van der Waals surface area (Å²) in [7, 11) is 1.85. The van der Waals surface area contributed by atoms with E-state index in [0.29, 0.717) is 11.7 Å². The SMILES string of the molecule is CCSCCC(C)N(C)C(=O)c1cn(C2CCNCC2)nn1. The van der Waals surface area contributed by atoms with E-state index in [1.54, 1.807) is 4.90 Å². The van der Waals surface area contributed by atoms with E-state index < -0.39 is 0 Å². The molecule has 1 atom stereocenters. The first-order valence-corrected chi connectivity index (χ1v) is 9.26. The summed E-state index contributed by atoms with van der Waals surface area (Å²) in [6.07, 6.45) is 4.89. The molecule has 2 heterocycles. The summed E-state index contributed by atoms with van der Waals surface area (Å²) in [5.41, 5.74) is 0.455. The molecule has 1 unspecified atom stereocenters. The van der Waals surface area contributed by atoms with Gasteiger partial charge in [0, 0.05) is 13.1 Å². The first-order chi connectivity index (χ1) is 10.6. The van der Waals surface area contributed by atoms with E-state index in [-0.39, 0.29) is 11.9 Å². The summed E-state index contributed by atoms with van der Waals surface area (Å²) in [5, 5.41) is 11.6. The smallest absolute Gasteiger partial charge is 0.276 e. The van der Waals surface area contributed by atoms with Crippen LogP contribution in [0.15, 0.2) is 6.20 Å². The van der Waals surface area contributed by atoms with Crippen molar-refractivity contribution in [3.05, 3.63) is 11.9 Å². The van der Waals surface area contributed by atoms with Crippen LogP contribution in [-0.2, 0) is 0 Å². The maximum Gasteiger partial charge on any atom is 0.276 e. The quantitative estimate of drug-likeness (QED) is 0.775. The third-order valence-corrected chi connectivity index (χ3v) is 5.21. The average molecular weight is 325 g/mol. The summed E-state index contributed by atoms with van der Waals surface area (Å²) in [6.45, 7) is 6.24. The van der Waals surface area contributed by atoms with Crippen LogP contribution in [0.3, 0.4) is 0 Å². The predicted molar refractivity (Wildman–Crippen MR) is 90.3 cm³/mol. The fourth-order valence-electron chi connectivity index (χ4n) is 2.60. The zero-order chi connectivity index (χ0) is 15.9. The second kappa shape index (κ2) is 8.53. The van der Waals surface area contributed by atoms with Gasteiger partial charge in [-0.05, 0) is 50.8 Å². The Labute approximate surface area is 137 Å². The monoisotopic (exact) mass is 325 g/mol. The molecule has 0 aromatic carbocycles. The van der Waals surface area contributed by atoms with Gasteiger partial charge in [0.05, 0.1) is 12.2 Å². The number of hydrogen-bond acceptors (Lipinski definition) is 5. The molecule has 0 radical (unpaired) electrons. The highest BCUT2D eigenvalue weighted by atomic mass is 32.2. The van der Waals surface area contributed by atoms with Gasteiger partial charge in [0.2, 0.25) is 0 Å². The molecule has 1 aliphatic heterocycles. The van der Waals surface area contributed by atoms with E-state index >= 15 is 0 Å². The first-order valence-electron chi connectivity index (χ1n) is 8.11. The number of amides is 1. The van der Waals surface area contributed by atoms with Gasteiger partial charge in [0.15, 0.2) is 5.69 Å². The molecule has 0 bridgehead atoms. The van der Waals surface area contributed by atoms with Crippen molar-refractivity contribution in [3.8, 4) is 0 Å². The highest BCUT2D eigenvalue weighted by Gasteiger charge is 2.22. The summed E-state index contributed by atoms with van der Waals surface area (Å²) in [4.78, 5) is 14.3. The first kappa shape index (κ1) is 17.3. The van der Waals surface area contributed by atoms with Crippen molar-refractivity contribution in [2.75, 3.05) is 31.6 Å². The lowest BCUT2D eigenvalue weighted by Gasteiger charge is -2.24. The number of nitrogens with one attached hydrogen (secondary N) is 1. The molecule has 1 aromatic rings. The van der Waals surface area contributed by atoms with Crippen LogP contribution in [0.1, 0.15) is 49.6 Å².